The zero-order valence-corrected chi connectivity index (χ0v) is 16.2. The fourth-order valence-corrected chi connectivity index (χ4v) is 4.20. The maximum Gasteiger partial charge on any atom is 0.261 e. The van der Waals surface area contributed by atoms with Gasteiger partial charge in [-0.25, -0.2) is 0 Å². The second-order valence-electron chi connectivity index (χ2n) is 7.38. The first kappa shape index (κ1) is 17.5. The zero-order chi connectivity index (χ0) is 20.0. The van der Waals surface area contributed by atoms with Crippen molar-refractivity contribution in [3.8, 4) is 0 Å². The third-order valence-corrected chi connectivity index (χ3v) is 5.67. The number of carbonyl (C=O) groups excluding carboxylic acids is 2. The predicted molar refractivity (Wildman–Crippen MR) is 114 cm³/mol. The van der Waals surface area contributed by atoms with E-state index in [-0.39, 0.29) is 11.8 Å². The molecule has 0 bridgehead atoms. The first-order valence-electron chi connectivity index (χ1n) is 9.81. The molecule has 3 aromatic rings. The van der Waals surface area contributed by atoms with E-state index in [1.165, 1.54) is 4.90 Å². The Hall–Kier alpha value is -3.60. The summed E-state index contributed by atoms with van der Waals surface area (Å²) in [6, 6.07) is 24.2. The fourth-order valence-electron chi connectivity index (χ4n) is 4.20. The molecule has 0 saturated carbocycles. The highest BCUT2D eigenvalue weighted by molar-refractivity contribution is 6.22. The molecule has 29 heavy (non-hydrogen) atoms. The number of fused-ring (bicyclic) bond motifs is 2. The molecule has 0 N–H and O–H groups in total. The molecule has 2 aliphatic heterocycles. The van der Waals surface area contributed by atoms with Crippen molar-refractivity contribution in [3.05, 3.63) is 83.9 Å². The van der Waals surface area contributed by atoms with Crippen molar-refractivity contribution in [2.45, 2.75) is 6.42 Å². The van der Waals surface area contributed by atoms with Crippen molar-refractivity contribution in [2.24, 2.45) is 0 Å². The van der Waals surface area contributed by atoms with Gasteiger partial charge in [-0.3, -0.25) is 14.5 Å². The van der Waals surface area contributed by atoms with Gasteiger partial charge >= 0.3 is 0 Å². The lowest BCUT2D eigenvalue weighted by atomic mass is 10.0. The maximum atomic E-state index is 12.6. The molecule has 0 atom stereocenters. The average Bonchev–Trinajstić information content (AvgIpc) is 2.90. The Morgan fingerprint density at radius 2 is 1.07 bits per heavy atom. The van der Waals surface area contributed by atoms with Crippen LogP contribution < -0.4 is 9.80 Å². The van der Waals surface area contributed by atoms with E-state index in [2.05, 4.69) is 34.1 Å². The number of carbonyl (C=O) groups is 2. The van der Waals surface area contributed by atoms with Gasteiger partial charge in [-0.15, -0.1) is 0 Å². The van der Waals surface area contributed by atoms with Gasteiger partial charge in [0, 0.05) is 31.5 Å². The lowest BCUT2D eigenvalue weighted by molar-refractivity contribution is 0.0693. The van der Waals surface area contributed by atoms with E-state index in [0.717, 1.165) is 42.3 Å². The van der Waals surface area contributed by atoms with E-state index in [1.807, 2.05) is 48.5 Å². The van der Waals surface area contributed by atoms with Crippen LogP contribution in [0, 0.1) is 0 Å². The van der Waals surface area contributed by atoms with Gasteiger partial charge in [-0.2, -0.15) is 0 Å². The summed E-state index contributed by atoms with van der Waals surface area (Å²) in [7, 11) is 1.54. The van der Waals surface area contributed by atoms with Crippen molar-refractivity contribution in [1.82, 2.24) is 4.90 Å². The van der Waals surface area contributed by atoms with Crippen molar-refractivity contribution >= 4 is 34.6 Å². The van der Waals surface area contributed by atoms with E-state index < -0.39 is 0 Å². The van der Waals surface area contributed by atoms with Crippen LogP contribution in [0.2, 0.25) is 0 Å². The Morgan fingerprint density at radius 1 is 0.655 bits per heavy atom. The summed E-state index contributed by atoms with van der Waals surface area (Å²) in [5, 5.41) is 0. The van der Waals surface area contributed by atoms with E-state index in [9.17, 15) is 9.59 Å². The van der Waals surface area contributed by atoms with Crippen LogP contribution in [0.15, 0.2) is 72.8 Å². The minimum atomic E-state index is -0.240. The van der Waals surface area contributed by atoms with Crippen LogP contribution in [0.25, 0.3) is 0 Å². The highest BCUT2D eigenvalue weighted by Gasteiger charge is 2.36. The van der Waals surface area contributed by atoms with Gasteiger partial charge in [0.05, 0.1) is 22.5 Å². The number of imide groups is 1. The van der Waals surface area contributed by atoms with Gasteiger partial charge < -0.3 is 9.80 Å². The van der Waals surface area contributed by atoms with Gasteiger partial charge in [0.1, 0.15) is 0 Å². The summed E-state index contributed by atoms with van der Waals surface area (Å²) < 4.78 is 0. The van der Waals surface area contributed by atoms with E-state index >= 15 is 0 Å². The number of para-hydroxylation sites is 2. The molecule has 5 rings (SSSR count). The number of hydrogen-bond acceptors (Lipinski definition) is 4. The van der Waals surface area contributed by atoms with Crippen molar-refractivity contribution in [2.75, 3.05) is 29.9 Å². The monoisotopic (exact) mass is 383 g/mol. The highest BCUT2D eigenvalue weighted by Crippen LogP contribution is 2.43. The zero-order valence-electron chi connectivity index (χ0n) is 16.2. The normalized spacial score (nSPS) is 16.0. The van der Waals surface area contributed by atoms with E-state index in [4.69, 9.17) is 0 Å². The molecule has 3 aromatic carbocycles. The Kier molecular flexibility index (Phi) is 4.09. The maximum absolute atomic E-state index is 12.6. The standard InChI is InChI=1S/C24H21N3O2/c1-25-23(28)19-15-21-22(16-20(19)24(25)29)27(18-11-6-3-7-12-18)14-8-13-26(21)17-9-4-2-5-10-17/h2-7,9-12,15-16H,8,13-14H2,1H3. The third kappa shape index (κ3) is 2.78. The lowest BCUT2D eigenvalue weighted by Gasteiger charge is -2.28. The molecule has 2 heterocycles. The van der Waals surface area contributed by atoms with Crippen LogP contribution in [0.1, 0.15) is 27.1 Å². The van der Waals surface area contributed by atoms with Crippen molar-refractivity contribution < 1.29 is 9.59 Å². The molecule has 0 saturated heterocycles. The molecule has 0 fully saturated rings. The molecule has 144 valence electrons. The van der Waals surface area contributed by atoms with E-state index in [0.29, 0.717) is 11.1 Å². The lowest BCUT2D eigenvalue weighted by Crippen LogP contribution is -2.24. The number of hydrogen-bond donors (Lipinski definition) is 0. The summed E-state index contributed by atoms with van der Waals surface area (Å²) in [5.74, 6) is -0.479. The minimum Gasteiger partial charge on any atom is -0.340 e. The molecule has 0 aromatic heterocycles. The van der Waals surface area contributed by atoms with Gasteiger partial charge in [0.2, 0.25) is 0 Å². The summed E-state index contributed by atoms with van der Waals surface area (Å²) in [6.45, 7) is 1.66. The van der Waals surface area contributed by atoms with Gasteiger partial charge in [-0.05, 0) is 42.8 Å². The Balaban J connectivity index is 1.74. The van der Waals surface area contributed by atoms with Crippen molar-refractivity contribution in [3.63, 3.8) is 0 Å². The Labute approximate surface area is 169 Å². The van der Waals surface area contributed by atoms with Gasteiger partial charge in [0.25, 0.3) is 11.8 Å². The molecule has 0 radical (unpaired) electrons. The number of nitrogens with zero attached hydrogens (tertiary/aromatic N) is 3. The second kappa shape index (κ2) is 6.78. The van der Waals surface area contributed by atoms with Crippen LogP contribution in [0.4, 0.5) is 22.7 Å². The molecule has 2 aliphatic rings. The topological polar surface area (TPSA) is 43.9 Å². The molecule has 0 aliphatic carbocycles. The van der Waals surface area contributed by atoms with Crippen LogP contribution in [-0.2, 0) is 0 Å². The Bertz CT molecular complexity index is 1010. The number of anilines is 4. The van der Waals surface area contributed by atoms with Gasteiger partial charge in [0.15, 0.2) is 0 Å². The van der Waals surface area contributed by atoms with Gasteiger partial charge in [-0.1, -0.05) is 36.4 Å². The van der Waals surface area contributed by atoms with Crippen LogP contribution in [0.3, 0.4) is 0 Å². The second-order valence-corrected chi connectivity index (χ2v) is 7.38. The number of amides is 2. The van der Waals surface area contributed by atoms with Crippen LogP contribution in [-0.4, -0.2) is 36.9 Å². The summed E-state index contributed by atoms with van der Waals surface area (Å²) in [4.78, 5) is 31.0. The summed E-state index contributed by atoms with van der Waals surface area (Å²) >= 11 is 0. The molecular weight excluding hydrogens is 362 g/mol. The molecular formula is C24H21N3O2. The largest absolute Gasteiger partial charge is 0.340 e. The molecule has 2 amide bonds. The quantitative estimate of drug-likeness (QED) is 0.607. The minimum absolute atomic E-state index is 0.240. The summed E-state index contributed by atoms with van der Waals surface area (Å²) in [6.07, 6.45) is 0.949. The van der Waals surface area contributed by atoms with Crippen molar-refractivity contribution in [1.29, 1.82) is 0 Å². The predicted octanol–water partition coefficient (Wildman–Crippen LogP) is 4.59. The Morgan fingerprint density at radius 3 is 1.48 bits per heavy atom. The first-order valence-corrected chi connectivity index (χ1v) is 9.81. The highest BCUT2D eigenvalue weighted by atomic mass is 16.2. The van der Waals surface area contributed by atoms with Crippen LogP contribution in [0.5, 0.6) is 0 Å². The van der Waals surface area contributed by atoms with E-state index in [1.54, 1.807) is 7.05 Å². The third-order valence-electron chi connectivity index (χ3n) is 5.67. The summed E-state index contributed by atoms with van der Waals surface area (Å²) in [5.41, 5.74) is 5.02. The van der Waals surface area contributed by atoms with Crippen LogP contribution >= 0.6 is 0 Å². The SMILES string of the molecule is CN1C(=O)c2cc3c(cc2C1=O)N(c1ccccc1)CCCN3c1ccccc1. The molecule has 0 spiro atoms. The number of benzene rings is 3. The number of rotatable bonds is 2. The molecule has 0 unspecified atom stereocenters. The molecule has 5 heteroatoms. The smallest absolute Gasteiger partial charge is 0.261 e. The molecule has 5 nitrogen and oxygen atoms in total. The fraction of sp³-hybridized carbons (Fsp3) is 0.167. The average molecular weight is 383 g/mol. The first-order chi connectivity index (χ1) is 14.1.